The highest BCUT2D eigenvalue weighted by molar-refractivity contribution is 5.21. The van der Waals surface area contributed by atoms with Crippen LogP contribution in [0.1, 0.15) is 39.5 Å². The maximum absolute atomic E-state index is 6.02. The quantitative estimate of drug-likeness (QED) is 0.708. The number of hydrogen-bond donors (Lipinski definition) is 1. The summed E-state index contributed by atoms with van der Waals surface area (Å²) in [4.78, 5) is 0. The monoisotopic (exact) mass is 179 g/mol. The Bertz CT molecular complexity index is 201. The molecule has 0 heterocycles. The molecule has 74 valence electrons. The minimum absolute atomic E-state index is 0.314. The lowest BCUT2D eigenvalue weighted by atomic mass is 9.97. The number of hydrogen-bond acceptors (Lipinski definition) is 1. The highest BCUT2D eigenvalue weighted by Gasteiger charge is 2.09. The summed E-state index contributed by atoms with van der Waals surface area (Å²) in [6, 6.07) is 0.314. The van der Waals surface area contributed by atoms with Gasteiger partial charge < -0.3 is 5.73 Å². The van der Waals surface area contributed by atoms with Crippen molar-refractivity contribution in [3.05, 3.63) is 23.8 Å². The summed E-state index contributed by atoms with van der Waals surface area (Å²) in [5.41, 5.74) is 7.45. The van der Waals surface area contributed by atoms with Crippen molar-refractivity contribution < 1.29 is 0 Å². The molecule has 1 rings (SSSR count). The minimum Gasteiger partial charge on any atom is -0.327 e. The third kappa shape index (κ3) is 3.77. The summed E-state index contributed by atoms with van der Waals surface area (Å²) >= 11 is 0. The van der Waals surface area contributed by atoms with Gasteiger partial charge in [0.1, 0.15) is 0 Å². The molecule has 0 saturated heterocycles. The largest absolute Gasteiger partial charge is 0.327 e. The van der Waals surface area contributed by atoms with E-state index >= 15 is 0 Å². The van der Waals surface area contributed by atoms with Crippen molar-refractivity contribution in [3.63, 3.8) is 0 Å². The molecule has 2 N–H and O–H groups in total. The van der Waals surface area contributed by atoms with E-state index in [-0.39, 0.29) is 0 Å². The van der Waals surface area contributed by atoms with Crippen molar-refractivity contribution >= 4 is 0 Å². The van der Waals surface area contributed by atoms with Crippen molar-refractivity contribution in [3.8, 4) is 0 Å². The predicted molar refractivity (Wildman–Crippen MR) is 58.5 cm³/mol. The summed E-state index contributed by atoms with van der Waals surface area (Å²) in [6.45, 7) is 4.37. The van der Waals surface area contributed by atoms with E-state index in [4.69, 9.17) is 5.73 Å². The van der Waals surface area contributed by atoms with Gasteiger partial charge in [-0.15, -0.1) is 0 Å². The standard InChI is InChI=1S/C12H21N/c1-10(2)12(13)9-11-7-5-3-4-6-8-11/h5,7-8,10,12H,3-4,6,9,13H2,1-2H3. The van der Waals surface area contributed by atoms with Crippen LogP contribution in [0.4, 0.5) is 0 Å². The lowest BCUT2D eigenvalue weighted by Gasteiger charge is -2.15. The zero-order chi connectivity index (χ0) is 9.68. The molecular formula is C12H21N. The fourth-order valence-corrected chi connectivity index (χ4v) is 1.49. The number of allylic oxidation sites excluding steroid dienone is 3. The lowest BCUT2D eigenvalue weighted by molar-refractivity contribution is 0.491. The third-order valence-electron chi connectivity index (χ3n) is 2.64. The Kier molecular flexibility index (Phi) is 4.23. The second-order valence-electron chi connectivity index (χ2n) is 4.22. The van der Waals surface area contributed by atoms with Gasteiger partial charge >= 0.3 is 0 Å². The second kappa shape index (κ2) is 5.23. The Balaban J connectivity index is 2.46. The van der Waals surface area contributed by atoms with E-state index in [0.717, 1.165) is 6.42 Å². The molecule has 1 heteroatoms. The second-order valence-corrected chi connectivity index (χ2v) is 4.22. The summed E-state index contributed by atoms with van der Waals surface area (Å²) in [5, 5.41) is 0. The molecule has 1 aliphatic carbocycles. The van der Waals surface area contributed by atoms with Crippen LogP contribution >= 0.6 is 0 Å². The summed E-state index contributed by atoms with van der Waals surface area (Å²) in [5.74, 6) is 0.581. The van der Waals surface area contributed by atoms with Crippen LogP contribution in [0.15, 0.2) is 23.8 Å². The highest BCUT2D eigenvalue weighted by Crippen LogP contribution is 2.16. The van der Waals surface area contributed by atoms with Crippen molar-refractivity contribution in [2.24, 2.45) is 11.7 Å². The Morgan fingerprint density at radius 2 is 2.15 bits per heavy atom. The van der Waals surface area contributed by atoms with Gasteiger partial charge in [0.05, 0.1) is 0 Å². The Morgan fingerprint density at radius 1 is 1.38 bits per heavy atom. The Morgan fingerprint density at radius 3 is 2.85 bits per heavy atom. The summed E-state index contributed by atoms with van der Waals surface area (Å²) < 4.78 is 0. The first-order chi connectivity index (χ1) is 6.20. The average molecular weight is 179 g/mol. The third-order valence-corrected chi connectivity index (χ3v) is 2.64. The first-order valence-electron chi connectivity index (χ1n) is 5.31. The summed E-state index contributed by atoms with van der Waals surface area (Å²) in [6.07, 6.45) is 11.6. The molecule has 0 amide bonds. The van der Waals surface area contributed by atoms with Gasteiger partial charge in [-0.2, -0.15) is 0 Å². The average Bonchev–Trinajstić information content (AvgIpc) is 2.32. The van der Waals surface area contributed by atoms with E-state index in [1.165, 1.54) is 24.8 Å². The molecule has 0 aromatic carbocycles. The Labute approximate surface area is 81.7 Å². The normalized spacial score (nSPS) is 19.8. The molecule has 1 atom stereocenters. The van der Waals surface area contributed by atoms with Gasteiger partial charge in [0.15, 0.2) is 0 Å². The fraction of sp³-hybridized carbons (Fsp3) is 0.667. The van der Waals surface area contributed by atoms with Crippen LogP contribution in [-0.2, 0) is 0 Å². The van der Waals surface area contributed by atoms with Crippen molar-refractivity contribution in [2.45, 2.75) is 45.6 Å². The highest BCUT2D eigenvalue weighted by atomic mass is 14.6. The molecule has 0 aromatic rings. The van der Waals surface area contributed by atoms with Crippen molar-refractivity contribution in [1.29, 1.82) is 0 Å². The molecule has 1 nitrogen and oxygen atoms in total. The first kappa shape index (κ1) is 10.5. The smallest absolute Gasteiger partial charge is 0.0102 e. The van der Waals surface area contributed by atoms with E-state index < -0.39 is 0 Å². The van der Waals surface area contributed by atoms with Gasteiger partial charge in [-0.3, -0.25) is 0 Å². The first-order valence-corrected chi connectivity index (χ1v) is 5.31. The molecule has 0 aromatic heterocycles. The summed E-state index contributed by atoms with van der Waals surface area (Å²) in [7, 11) is 0. The molecule has 1 unspecified atom stereocenters. The molecule has 0 bridgehead atoms. The SMILES string of the molecule is CC(C)C(N)CC1=CCCCC=C1. The van der Waals surface area contributed by atoms with Crippen LogP contribution in [0, 0.1) is 5.92 Å². The van der Waals surface area contributed by atoms with E-state index in [1.54, 1.807) is 0 Å². The van der Waals surface area contributed by atoms with E-state index in [2.05, 4.69) is 32.1 Å². The van der Waals surface area contributed by atoms with Gasteiger partial charge in [-0.25, -0.2) is 0 Å². The van der Waals surface area contributed by atoms with Crippen LogP contribution in [0.2, 0.25) is 0 Å². The molecule has 0 spiro atoms. The van der Waals surface area contributed by atoms with Crippen LogP contribution in [-0.4, -0.2) is 6.04 Å². The van der Waals surface area contributed by atoms with Gasteiger partial charge in [0, 0.05) is 6.04 Å². The topological polar surface area (TPSA) is 26.0 Å². The van der Waals surface area contributed by atoms with Crippen LogP contribution in [0.25, 0.3) is 0 Å². The number of nitrogens with two attached hydrogens (primary N) is 1. The molecule has 0 aliphatic heterocycles. The van der Waals surface area contributed by atoms with E-state index in [0.29, 0.717) is 12.0 Å². The van der Waals surface area contributed by atoms with E-state index in [1.807, 2.05) is 0 Å². The molecule has 0 radical (unpaired) electrons. The maximum Gasteiger partial charge on any atom is 0.0102 e. The number of rotatable bonds is 3. The molecular weight excluding hydrogens is 158 g/mol. The Hall–Kier alpha value is -0.560. The maximum atomic E-state index is 6.02. The van der Waals surface area contributed by atoms with Crippen LogP contribution < -0.4 is 5.73 Å². The van der Waals surface area contributed by atoms with Gasteiger partial charge in [-0.05, 0) is 31.6 Å². The molecule has 13 heavy (non-hydrogen) atoms. The van der Waals surface area contributed by atoms with Gasteiger partial charge in [0.2, 0.25) is 0 Å². The zero-order valence-corrected chi connectivity index (χ0v) is 8.79. The van der Waals surface area contributed by atoms with Crippen molar-refractivity contribution in [1.82, 2.24) is 0 Å². The van der Waals surface area contributed by atoms with E-state index in [9.17, 15) is 0 Å². The lowest BCUT2D eigenvalue weighted by Crippen LogP contribution is -2.26. The fourth-order valence-electron chi connectivity index (χ4n) is 1.49. The van der Waals surface area contributed by atoms with Crippen molar-refractivity contribution in [2.75, 3.05) is 0 Å². The minimum atomic E-state index is 0.314. The molecule has 0 saturated carbocycles. The van der Waals surface area contributed by atoms with Gasteiger partial charge in [0.25, 0.3) is 0 Å². The van der Waals surface area contributed by atoms with Crippen LogP contribution in [0.5, 0.6) is 0 Å². The zero-order valence-electron chi connectivity index (χ0n) is 8.79. The van der Waals surface area contributed by atoms with Crippen LogP contribution in [0.3, 0.4) is 0 Å². The molecule has 1 aliphatic rings. The van der Waals surface area contributed by atoms with Gasteiger partial charge in [-0.1, -0.05) is 37.6 Å². The predicted octanol–water partition coefficient (Wildman–Crippen LogP) is 3.03. The molecule has 0 fully saturated rings.